The van der Waals surface area contributed by atoms with E-state index < -0.39 is 0 Å². The molecule has 0 unspecified atom stereocenters. The molecule has 0 saturated carbocycles. The van der Waals surface area contributed by atoms with Gasteiger partial charge in [0.1, 0.15) is 58.3 Å². The smallest absolute Gasteiger partial charge is 0.266 e. The first-order valence-electron chi connectivity index (χ1n) is 45.0. The van der Waals surface area contributed by atoms with Gasteiger partial charge in [-0.15, -0.1) is 0 Å². The van der Waals surface area contributed by atoms with E-state index in [0.29, 0.717) is 221 Å². The topological polar surface area (TPSA) is 257 Å². The fourth-order valence-electron chi connectivity index (χ4n) is 16.3. The molecular formula is C101H114Cl3N15O13. The SMILES string of the molecule is CC(C)Oc1ccc(C=O)cc1-n1c(CN2CCN(C(=O)COc3ccc(Cl)cc3)CC2)nc2ccccc2c1=O.CC(C)Oc1ccc(N2CCN(C)CC2)cc1-n1c(CN2CCN(C(=O)COc3ccc(Cl)cc3)CC2)nc2ccccc2c1=O.CCN(CC)Cc1ccc(OC(C)C)c(-n2c(CN3CCN(C(=O)COc4ccc(Cl)cc4)CC3)nc3ccccc3c2=O)c1. The minimum Gasteiger partial charge on any atom is -0.489 e. The van der Waals surface area contributed by atoms with E-state index in [2.05, 4.69) is 74.6 Å². The van der Waals surface area contributed by atoms with E-state index in [1.807, 2.05) is 124 Å². The highest BCUT2D eigenvalue weighted by molar-refractivity contribution is 6.31. The number of rotatable bonds is 30. The Bertz CT molecular complexity index is 6180. The summed E-state index contributed by atoms with van der Waals surface area (Å²) in [4.78, 5) is 127. The molecule has 12 aromatic rings. The third-order valence-electron chi connectivity index (χ3n) is 23.4. The maximum Gasteiger partial charge on any atom is 0.266 e. The zero-order valence-electron chi connectivity index (χ0n) is 76.2. The molecule has 31 heteroatoms. The molecule has 692 valence electrons. The van der Waals surface area contributed by atoms with Crippen molar-refractivity contribution in [3.05, 3.63) is 275 Å². The monoisotopic (exact) mass is 1850 g/mol. The summed E-state index contributed by atoms with van der Waals surface area (Å²) in [6.45, 7) is 30.6. The number of piperazine rings is 4. The van der Waals surface area contributed by atoms with Gasteiger partial charge in [0.2, 0.25) is 0 Å². The lowest BCUT2D eigenvalue weighted by molar-refractivity contribution is -0.135. The maximum atomic E-state index is 14.3. The van der Waals surface area contributed by atoms with Crippen molar-refractivity contribution in [3.8, 4) is 51.6 Å². The van der Waals surface area contributed by atoms with Crippen LogP contribution in [-0.4, -0.2) is 255 Å². The number of carbonyl (C=O) groups is 4. The predicted molar refractivity (Wildman–Crippen MR) is 517 cm³/mol. The van der Waals surface area contributed by atoms with Gasteiger partial charge in [-0.2, -0.15) is 0 Å². The van der Waals surface area contributed by atoms with Crippen LogP contribution in [0.15, 0.2) is 215 Å². The summed E-state index contributed by atoms with van der Waals surface area (Å²) >= 11 is 17.8. The first kappa shape index (κ1) is 95.8. The number of likely N-dealkylation sites (N-methyl/N-ethyl adjacent to an activating group) is 1. The lowest BCUT2D eigenvalue weighted by Gasteiger charge is -2.35. The standard InChI is InChI=1S/C35H41ClN6O4.C35H42ClN5O4.C31H31ClN4O5/c1-25(2)46-32-13-10-27(40-18-14-38(3)15-19-40)22-31(32)42-33(37-30-7-5-4-6-29(30)35(42)44)23-39-16-20-41(21-17-39)34(43)24-45-28-11-8-26(36)9-12-28;1-5-38(6-2)22-26-11-16-32(45-25(3)4)31(21-26)41-33(37-30-10-8-7-9-29(30)35(41)43)23-39-17-19-40(20-18-39)34(42)24-44-28-14-12-27(36)13-15-28;1-21(2)41-28-12-7-22(19-37)17-27(28)36-29(33-26-6-4-3-5-25(26)31(36)39)18-34-13-15-35(16-14-34)30(38)20-40-24-10-8-23(32)9-11-24/h4-13,22,25H,14-21,23-24H2,1-3H3;7-16,21,25H,5-6,17-20,22-24H2,1-4H3;3-12,17,19,21H,13-16,18,20H2,1-2H3. The Labute approximate surface area is 783 Å². The van der Waals surface area contributed by atoms with E-state index in [0.717, 1.165) is 63.4 Å². The first-order chi connectivity index (χ1) is 63.8. The molecule has 0 radical (unpaired) electrons. The molecule has 132 heavy (non-hydrogen) atoms. The average molecular weight is 1850 g/mol. The number of hydrogen-bond donors (Lipinski definition) is 0. The molecule has 28 nitrogen and oxygen atoms in total. The van der Waals surface area contributed by atoms with Gasteiger partial charge in [-0.05, 0) is 225 Å². The fourth-order valence-corrected chi connectivity index (χ4v) is 16.7. The number of para-hydroxylation sites is 3. The highest BCUT2D eigenvalue weighted by Gasteiger charge is 2.31. The Hall–Kier alpha value is -12.3. The number of aromatic nitrogens is 6. The summed E-state index contributed by atoms with van der Waals surface area (Å²) in [5.74, 6) is 5.15. The number of halogens is 3. The van der Waals surface area contributed by atoms with Crippen LogP contribution >= 0.6 is 34.8 Å². The van der Waals surface area contributed by atoms with Crippen LogP contribution in [0.4, 0.5) is 5.69 Å². The number of nitrogens with zero attached hydrogens (tertiary/aromatic N) is 15. The van der Waals surface area contributed by atoms with E-state index in [9.17, 15) is 33.6 Å². The molecule has 0 bridgehead atoms. The second-order valence-electron chi connectivity index (χ2n) is 33.8. The number of ether oxygens (including phenoxy) is 6. The molecule has 9 aromatic carbocycles. The van der Waals surface area contributed by atoms with Crippen molar-refractivity contribution < 1.29 is 47.6 Å². The molecule has 4 saturated heterocycles. The van der Waals surface area contributed by atoms with Crippen LogP contribution in [0.2, 0.25) is 15.1 Å². The lowest BCUT2D eigenvalue weighted by atomic mass is 10.1. The lowest BCUT2D eigenvalue weighted by Crippen LogP contribution is -2.50. The van der Waals surface area contributed by atoms with Crippen molar-refractivity contribution in [2.24, 2.45) is 0 Å². The van der Waals surface area contributed by atoms with Crippen molar-refractivity contribution in [2.45, 2.75) is 99.9 Å². The van der Waals surface area contributed by atoms with Gasteiger partial charge >= 0.3 is 0 Å². The Morgan fingerprint density at radius 1 is 0.394 bits per heavy atom. The summed E-state index contributed by atoms with van der Waals surface area (Å²) in [5.41, 5.74) is 5.85. The van der Waals surface area contributed by atoms with Crippen LogP contribution in [0.25, 0.3) is 49.8 Å². The zero-order chi connectivity index (χ0) is 93.1. The summed E-state index contributed by atoms with van der Waals surface area (Å²) in [5, 5.41) is 3.43. The van der Waals surface area contributed by atoms with E-state index in [-0.39, 0.29) is 72.5 Å². The molecule has 7 heterocycles. The Balaban J connectivity index is 0.000000160. The van der Waals surface area contributed by atoms with Crippen molar-refractivity contribution >= 4 is 97.2 Å². The van der Waals surface area contributed by atoms with Crippen LogP contribution < -0.4 is 50.0 Å². The van der Waals surface area contributed by atoms with Crippen LogP contribution in [0.3, 0.4) is 0 Å². The average Bonchev–Trinajstić information content (AvgIpc) is 0.764. The second kappa shape index (κ2) is 45.3. The van der Waals surface area contributed by atoms with Crippen molar-refractivity contribution in [3.63, 3.8) is 0 Å². The Morgan fingerprint density at radius 3 is 1.06 bits per heavy atom. The van der Waals surface area contributed by atoms with E-state index in [1.165, 1.54) is 0 Å². The van der Waals surface area contributed by atoms with Crippen LogP contribution in [-0.2, 0) is 40.6 Å². The number of fused-ring (bicyclic) bond motifs is 3. The van der Waals surface area contributed by atoms with Gasteiger partial charge in [0.05, 0.1) is 87.7 Å². The van der Waals surface area contributed by atoms with Crippen LogP contribution in [0.1, 0.15) is 88.8 Å². The van der Waals surface area contributed by atoms with Gasteiger partial charge < -0.3 is 52.9 Å². The molecule has 0 spiro atoms. The summed E-state index contributed by atoms with van der Waals surface area (Å²) in [6, 6.07) is 60.3. The van der Waals surface area contributed by atoms with Gasteiger partial charge in [-0.1, -0.05) is 91.1 Å². The second-order valence-corrected chi connectivity index (χ2v) is 35.1. The molecule has 0 N–H and O–H groups in total. The third-order valence-corrected chi connectivity index (χ3v) is 24.2. The summed E-state index contributed by atoms with van der Waals surface area (Å²) in [7, 11) is 2.14. The van der Waals surface area contributed by atoms with E-state index in [1.54, 1.807) is 122 Å². The van der Waals surface area contributed by atoms with E-state index in [4.69, 9.17) is 78.2 Å². The van der Waals surface area contributed by atoms with Crippen LogP contribution in [0, 0.1) is 0 Å². The number of hydrogen-bond acceptors (Lipinski definition) is 22. The molecule has 16 rings (SSSR count). The summed E-state index contributed by atoms with van der Waals surface area (Å²) in [6.07, 6.45) is 0.460. The minimum absolute atomic E-state index is 0.0319. The highest BCUT2D eigenvalue weighted by atomic mass is 35.5. The largest absolute Gasteiger partial charge is 0.489 e. The van der Waals surface area contributed by atoms with Gasteiger partial charge in [0.15, 0.2) is 19.8 Å². The number of carbonyl (C=O) groups excluding carboxylic acids is 4. The molecule has 4 fully saturated rings. The van der Waals surface area contributed by atoms with Crippen molar-refractivity contribution in [1.29, 1.82) is 0 Å². The maximum absolute atomic E-state index is 14.3. The predicted octanol–water partition coefficient (Wildman–Crippen LogP) is 14.1. The van der Waals surface area contributed by atoms with Gasteiger partial charge in [0.25, 0.3) is 34.4 Å². The van der Waals surface area contributed by atoms with Gasteiger partial charge in [-0.3, -0.25) is 66.9 Å². The van der Waals surface area contributed by atoms with Crippen molar-refractivity contribution in [1.82, 2.24) is 67.9 Å². The minimum atomic E-state index is -0.240. The molecule has 4 aliphatic heterocycles. The number of amides is 3. The van der Waals surface area contributed by atoms with Gasteiger partial charge in [-0.25, -0.2) is 15.0 Å². The molecule has 3 aromatic heterocycles. The highest BCUT2D eigenvalue weighted by Crippen LogP contribution is 2.34. The molecule has 4 aliphatic rings. The fraction of sp³-hybridized carbons (Fsp3) is 0.366. The van der Waals surface area contributed by atoms with Crippen molar-refractivity contribution in [2.75, 3.05) is 150 Å². The molecule has 0 atom stereocenters. The number of aldehydes is 1. The molecule has 0 aliphatic carbocycles. The Kier molecular flexibility index (Phi) is 32.8. The summed E-state index contributed by atoms with van der Waals surface area (Å²) < 4.78 is 40.6. The molecular weight excluding hydrogens is 1740 g/mol. The van der Waals surface area contributed by atoms with Gasteiger partial charge in [0, 0.05) is 138 Å². The quantitative estimate of drug-likeness (QED) is 0.0379. The molecule has 3 amide bonds. The third kappa shape index (κ3) is 24.7. The number of anilines is 1. The van der Waals surface area contributed by atoms with Crippen LogP contribution in [0.5, 0.6) is 34.5 Å². The first-order valence-corrected chi connectivity index (χ1v) is 46.2. The normalized spacial score (nSPS) is 14.8. The van der Waals surface area contributed by atoms with E-state index >= 15 is 0 Å². The zero-order valence-corrected chi connectivity index (χ0v) is 78.5. The Morgan fingerprint density at radius 2 is 0.720 bits per heavy atom. The number of benzene rings is 9.